The number of likely N-dealkylation sites (tertiary alicyclic amines) is 1. The van der Waals surface area contributed by atoms with Crippen LogP contribution in [0.3, 0.4) is 0 Å². The van der Waals surface area contributed by atoms with E-state index in [1.165, 1.54) is 24.3 Å². The van der Waals surface area contributed by atoms with Gasteiger partial charge >= 0.3 is 12.0 Å². The quantitative estimate of drug-likeness (QED) is 0.287. The minimum atomic E-state index is -0.966. The summed E-state index contributed by atoms with van der Waals surface area (Å²) in [5, 5.41) is 14.2. The maximum Gasteiger partial charge on any atom is 0.319 e. The molecule has 3 fully saturated rings. The number of carbonyl (C=O) groups is 1. The molecule has 14 heteroatoms. The zero-order chi connectivity index (χ0) is 34.7. The van der Waals surface area contributed by atoms with Crippen molar-refractivity contribution in [3.05, 3.63) is 41.5 Å². The molecule has 0 saturated carbocycles. The number of hydrogen-bond acceptors (Lipinski definition) is 9. The van der Waals surface area contributed by atoms with Crippen LogP contribution in [0.2, 0.25) is 0 Å². The third-order valence-electron chi connectivity index (χ3n) is 10.6. The molecule has 3 saturated heterocycles. The summed E-state index contributed by atoms with van der Waals surface area (Å²) in [6.45, 7) is 2.90. The summed E-state index contributed by atoms with van der Waals surface area (Å²) in [7, 11) is 1.58. The Bertz CT molecular complexity index is 2080. The molecule has 2 amide bonds. The molecule has 0 bridgehead atoms. The fraction of sp³-hybridized carbons (Fsp3) is 0.444. The van der Waals surface area contributed by atoms with Gasteiger partial charge in [0, 0.05) is 56.6 Å². The third kappa shape index (κ3) is 5.26. The highest BCUT2D eigenvalue weighted by atomic mass is 19.1. The molecule has 4 aliphatic heterocycles. The Morgan fingerprint density at radius 1 is 1.16 bits per heavy atom. The zero-order valence-corrected chi connectivity index (χ0v) is 27.5. The topological polar surface area (TPSA) is 116 Å². The molecular weight excluding hydrogens is 651 g/mol. The normalized spacial score (nSPS) is 23.4. The number of ether oxygens (including phenoxy) is 2. The molecular formula is C36H36F3N7O4. The van der Waals surface area contributed by atoms with Crippen LogP contribution in [0.5, 0.6) is 17.6 Å². The van der Waals surface area contributed by atoms with E-state index in [1.807, 2.05) is 4.90 Å². The number of amides is 2. The van der Waals surface area contributed by atoms with Crippen LogP contribution in [0.25, 0.3) is 32.9 Å². The van der Waals surface area contributed by atoms with Gasteiger partial charge in [0.2, 0.25) is 5.88 Å². The van der Waals surface area contributed by atoms with Crippen LogP contribution in [-0.2, 0) is 0 Å². The lowest BCUT2D eigenvalue weighted by atomic mass is 9.95. The molecule has 2 aromatic heterocycles. The van der Waals surface area contributed by atoms with Gasteiger partial charge in [-0.1, -0.05) is 12.0 Å². The van der Waals surface area contributed by atoms with Crippen molar-refractivity contribution in [2.45, 2.75) is 49.9 Å². The van der Waals surface area contributed by atoms with Crippen LogP contribution in [0.4, 0.5) is 23.8 Å². The summed E-state index contributed by atoms with van der Waals surface area (Å²) in [6, 6.07) is 4.90. The van der Waals surface area contributed by atoms with E-state index in [0.29, 0.717) is 56.6 Å². The molecule has 2 aromatic carbocycles. The zero-order valence-electron chi connectivity index (χ0n) is 27.5. The Kier molecular flexibility index (Phi) is 7.97. The van der Waals surface area contributed by atoms with Crippen molar-refractivity contribution in [1.82, 2.24) is 30.1 Å². The number of carbonyl (C=O) groups excluding carboxylic acids is 1. The first kappa shape index (κ1) is 32.2. The number of urea groups is 1. The van der Waals surface area contributed by atoms with Crippen molar-refractivity contribution in [3.8, 4) is 41.2 Å². The van der Waals surface area contributed by atoms with E-state index in [4.69, 9.17) is 20.9 Å². The fourth-order valence-electron chi connectivity index (χ4n) is 8.26. The standard InChI is InChI=1S/C36H36F3N7O4/c1-3-24-26(38)7-6-20-14-23(47)15-25(27(20)24)30-29(39)31-28-32(43-34(42-31)50-19-36-9-4-10-45(36)17-21(37)16-36)46(11-5-13-49-33(28)41-30)22-8-12-44(18-22)35(48)40-2/h1,6-7,14-15,21-22,47H,4-5,8-13,16-19H2,2H3,(H,40,48)/t21-,22?,36+/m1/s1. The Hall–Kier alpha value is -5.03. The van der Waals surface area contributed by atoms with E-state index in [2.05, 4.69) is 26.1 Å². The van der Waals surface area contributed by atoms with Crippen LogP contribution >= 0.6 is 0 Å². The van der Waals surface area contributed by atoms with Crippen molar-refractivity contribution in [3.63, 3.8) is 0 Å². The molecule has 6 heterocycles. The first-order chi connectivity index (χ1) is 24.2. The molecule has 0 radical (unpaired) electrons. The number of fused-ring (bicyclic) bond motifs is 2. The minimum Gasteiger partial charge on any atom is -0.508 e. The number of phenols is 1. The van der Waals surface area contributed by atoms with Gasteiger partial charge in [0.05, 0.1) is 17.7 Å². The molecule has 8 rings (SSSR count). The smallest absolute Gasteiger partial charge is 0.319 e. The number of halogens is 3. The van der Waals surface area contributed by atoms with Crippen molar-refractivity contribution >= 4 is 33.5 Å². The number of nitrogens with one attached hydrogen (secondary N) is 1. The van der Waals surface area contributed by atoms with Crippen molar-refractivity contribution in [2.75, 3.05) is 57.9 Å². The lowest BCUT2D eigenvalue weighted by Gasteiger charge is -2.33. The summed E-state index contributed by atoms with van der Waals surface area (Å²) in [5.41, 5.74) is -0.948. The number of alkyl halides is 1. The summed E-state index contributed by atoms with van der Waals surface area (Å²) in [4.78, 5) is 32.5. The molecule has 11 nitrogen and oxygen atoms in total. The highest BCUT2D eigenvalue weighted by molar-refractivity contribution is 6.04. The highest BCUT2D eigenvalue weighted by Crippen LogP contribution is 2.44. The molecule has 50 heavy (non-hydrogen) atoms. The van der Waals surface area contributed by atoms with Gasteiger partial charge in [-0.05, 0) is 55.8 Å². The molecule has 2 N–H and O–H groups in total. The predicted octanol–water partition coefficient (Wildman–Crippen LogP) is 4.77. The number of pyridine rings is 1. The number of terminal acetylenes is 1. The van der Waals surface area contributed by atoms with Gasteiger partial charge in [0.1, 0.15) is 46.8 Å². The van der Waals surface area contributed by atoms with Gasteiger partial charge < -0.3 is 29.7 Å². The van der Waals surface area contributed by atoms with Crippen LogP contribution in [0, 0.1) is 24.0 Å². The molecule has 3 atom stereocenters. The lowest BCUT2D eigenvalue weighted by Crippen LogP contribution is -2.44. The second-order valence-corrected chi connectivity index (χ2v) is 13.5. The lowest BCUT2D eigenvalue weighted by molar-refractivity contribution is 0.107. The van der Waals surface area contributed by atoms with Crippen LogP contribution < -0.4 is 19.7 Å². The average molecular weight is 688 g/mol. The second-order valence-electron chi connectivity index (χ2n) is 13.5. The average Bonchev–Trinajstić information content (AvgIpc) is 3.81. The van der Waals surface area contributed by atoms with E-state index < -0.39 is 23.3 Å². The Labute approximate surface area is 286 Å². The third-order valence-corrected chi connectivity index (χ3v) is 10.6. The monoisotopic (exact) mass is 687 g/mol. The van der Waals surface area contributed by atoms with E-state index in [9.17, 15) is 14.3 Å². The van der Waals surface area contributed by atoms with Gasteiger partial charge in [-0.2, -0.15) is 9.97 Å². The van der Waals surface area contributed by atoms with Crippen molar-refractivity contribution in [2.24, 2.45) is 0 Å². The molecule has 260 valence electrons. The molecule has 0 aliphatic carbocycles. The number of benzene rings is 2. The number of phenolic OH excluding ortho intramolecular Hbond substituents is 1. The molecule has 4 aromatic rings. The Morgan fingerprint density at radius 2 is 2.02 bits per heavy atom. The molecule has 1 unspecified atom stereocenters. The minimum absolute atomic E-state index is 0.0515. The maximum absolute atomic E-state index is 17.2. The fourth-order valence-corrected chi connectivity index (χ4v) is 8.26. The Balaban J connectivity index is 1.32. The van der Waals surface area contributed by atoms with E-state index in [1.54, 1.807) is 11.9 Å². The highest BCUT2D eigenvalue weighted by Gasteiger charge is 2.49. The van der Waals surface area contributed by atoms with E-state index in [0.717, 1.165) is 19.4 Å². The van der Waals surface area contributed by atoms with Crippen LogP contribution in [-0.4, -0.2) is 107 Å². The van der Waals surface area contributed by atoms with Crippen LogP contribution in [0.15, 0.2) is 24.3 Å². The largest absolute Gasteiger partial charge is 0.508 e. The van der Waals surface area contributed by atoms with E-state index in [-0.39, 0.29) is 76.0 Å². The number of rotatable bonds is 5. The number of aromatic nitrogens is 3. The molecule has 0 spiro atoms. The summed E-state index contributed by atoms with van der Waals surface area (Å²) in [5.74, 6) is 1.01. The van der Waals surface area contributed by atoms with Crippen molar-refractivity contribution < 1.29 is 32.5 Å². The number of aromatic hydroxyl groups is 1. The first-order valence-electron chi connectivity index (χ1n) is 16.9. The Morgan fingerprint density at radius 3 is 2.84 bits per heavy atom. The van der Waals surface area contributed by atoms with Gasteiger partial charge in [0.15, 0.2) is 5.82 Å². The van der Waals surface area contributed by atoms with Crippen molar-refractivity contribution in [1.29, 1.82) is 0 Å². The first-order valence-corrected chi connectivity index (χ1v) is 16.9. The maximum atomic E-state index is 17.2. The predicted molar refractivity (Wildman–Crippen MR) is 180 cm³/mol. The summed E-state index contributed by atoms with van der Waals surface area (Å²) < 4.78 is 59.2. The number of hydrogen-bond donors (Lipinski definition) is 2. The second kappa shape index (κ2) is 12.4. The van der Waals surface area contributed by atoms with Crippen LogP contribution in [0.1, 0.15) is 37.7 Å². The SMILES string of the molecule is C#Cc1c(F)ccc2cc(O)cc(-c3nc4c5c(nc(OC[C@@]67CCCN6C[C@H](F)C7)nc5c3F)N(C3CCN(C(=O)NC)C3)CCCO4)c12. The van der Waals surface area contributed by atoms with Gasteiger partial charge in [0.25, 0.3) is 0 Å². The van der Waals surface area contributed by atoms with Gasteiger partial charge in [-0.15, -0.1) is 6.42 Å². The summed E-state index contributed by atoms with van der Waals surface area (Å²) >= 11 is 0. The van der Waals surface area contributed by atoms with Gasteiger partial charge in [-0.3, -0.25) is 4.90 Å². The van der Waals surface area contributed by atoms with Gasteiger partial charge in [-0.25, -0.2) is 22.9 Å². The van der Waals surface area contributed by atoms with E-state index >= 15 is 8.78 Å². The number of nitrogens with zero attached hydrogens (tertiary/aromatic N) is 6. The number of anilines is 1. The molecule has 4 aliphatic rings. The summed E-state index contributed by atoms with van der Waals surface area (Å²) in [6.07, 6.45) is 7.97.